The molecular formula is C19H15FN4OS. The van der Waals surface area contributed by atoms with Crippen LogP contribution in [0.15, 0.2) is 70.6 Å². The van der Waals surface area contributed by atoms with E-state index in [1.54, 1.807) is 18.3 Å². The van der Waals surface area contributed by atoms with E-state index in [-0.39, 0.29) is 5.82 Å². The second-order valence-electron chi connectivity index (χ2n) is 5.73. The van der Waals surface area contributed by atoms with Gasteiger partial charge in [0.15, 0.2) is 5.16 Å². The summed E-state index contributed by atoms with van der Waals surface area (Å²) in [6, 6.07) is 14.4. The third-order valence-corrected chi connectivity index (χ3v) is 4.75. The highest BCUT2D eigenvalue weighted by Crippen LogP contribution is 2.25. The van der Waals surface area contributed by atoms with Gasteiger partial charge in [0.25, 0.3) is 0 Å². The number of hydrogen-bond acceptors (Lipinski definition) is 5. The van der Waals surface area contributed by atoms with Gasteiger partial charge in [0.2, 0.25) is 11.7 Å². The molecule has 0 spiro atoms. The van der Waals surface area contributed by atoms with Gasteiger partial charge < -0.3 is 4.52 Å². The Morgan fingerprint density at radius 1 is 1.15 bits per heavy atom. The maximum absolute atomic E-state index is 13.3. The van der Waals surface area contributed by atoms with Crippen LogP contribution >= 0.6 is 11.8 Å². The standard InChI is InChI=1S/C19H15FN4OS/c1-13-5-7-16(8-6-13)24-10-9-21-19(24)26-12-17-22-18(23-25-17)14-3-2-4-15(20)11-14/h2-11H,12H2,1H3. The van der Waals surface area contributed by atoms with Crippen LogP contribution in [0.1, 0.15) is 11.5 Å². The molecule has 2 heterocycles. The Bertz CT molecular complexity index is 1030. The summed E-state index contributed by atoms with van der Waals surface area (Å²) in [5, 5.41) is 4.76. The maximum Gasteiger partial charge on any atom is 0.237 e. The van der Waals surface area contributed by atoms with Crippen molar-refractivity contribution >= 4 is 11.8 Å². The van der Waals surface area contributed by atoms with E-state index in [1.165, 1.54) is 29.5 Å². The summed E-state index contributed by atoms with van der Waals surface area (Å²) in [6.07, 6.45) is 3.67. The Hall–Kier alpha value is -2.93. The molecule has 2 aromatic heterocycles. The number of halogens is 1. The molecule has 5 nitrogen and oxygen atoms in total. The average Bonchev–Trinajstić information content (AvgIpc) is 3.30. The maximum atomic E-state index is 13.3. The number of thioether (sulfide) groups is 1. The van der Waals surface area contributed by atoms with Crippen molar-refractivity contribution in [1.29, 1.82) is 0 Å². The molecule has 130 valence electrons. The normalized spacial score (nSPS) is 11.0. The van der Waals surface area contributed by atoms with Crippen molar-refractivity contribution in [2.75, 3.05) is 0 Å². The fourth-order valence-electron chi connectivity index (χ4n) is 2.48. The number of nitrogens with zero attached hydrogens (tertiary/aromatic N) is 4. The van der Waals surface area contributed by atoms with Crippen molar-refractivity contribution in [2.45, 2.75) is 17.8 Å². The zero-order valence-corrected chi connectivity index (χ0v) is 14.8. The van der Waals surface area contributed by atoms with Crippen molar-refractivity contribution in [3.8, 4) is 17.1 Å². The number of aryl methyl sites for hydroxylation is 1. The molecule has 4 rings (SSSR count). The highest BCUT2D eigenvalue weighted by Gasteiger charge is 2.12. The lowest BCUT2D eigenvalue weighted by Gasteiger charge is -2.06. The van der Waals surface area contributed by atoms with Crippen molar-refractivity contribution < 1.29 is 8.91 Å². The third-order valence-electron chi connectivity index (χ3n) is 3.79. The van der Waals surface area contributed by atoms with Crippen LogP contribution in [0.3, 0.4) is 0 Å². The van der Waals surface area contributed by atoms with Crippen molar-refractivity contribution in [3.05, 3.63) is 78.2 Å². The van der Waals surface area contributed by atoms with Crippen molar-refractivity contribution in [2.24, 2.45) is 0 Å². The van der Waals surface area contributed by atoms with Gasteiger partial charge in [-0.15, -0.1) is 0 Å². The zero-order valence-electron chi connectivity index (χ0n) is 14.0. The fraction of sp³-hybridized carbons (Fsp3) is 0.105. The SMILES string of the molecule is Cc1ccc(-n2ccnc2SCc2nc(-c3cccc(F)c3)no2)cc1. The molecule has 2 aromatic carbocycles. The second kappa shape index (κ2) is 7.13. The first kappa shape index (κ1) is 16.5. The lowest BCUT2D eigenvalue weighted by Crippen LogP contribution is -1.95. The Morgan fingerprint density at radius 3 is 2.81 bits per heavy atom. The smallest absolute Gasteiger partial charge is 0.237 e. The highest BCUT2D eigenvalue weighted by molar-refractivity contribution is 7.98. The molecule has 0 saturated carbocycles. The van der Waals surface area contributed by atoms with Gasteiger partial charge in [-0.05, 0) is 31.2 Å². The van der Waals surface area contributed by atoms with E-state index < -0.39 is 0 Å². The molecular weight excluding hydrogens is 351 g/mol. The van der Waals surface area contributed by atoms with Crippen LogP contribution in [0, 0.1) is 12.7 Å². The quantitative estimate of drug-likeness (QED) is 0.481. The Labute approximate surface area is 153 Å². The summed E-state index contributed by atoms with van der Waals surface area (Å²) in [5.74, 6) is 0.989. The van der Waals surface area contributed by atoms with E-state index in [1.807, 2.05) is 10.8 Å². The van der Waals surface area contributed by atoms with Gasteiger partial charge in [0.05, 0.1) is 5.75 Å². The number of hydrogen-bond donors (Lipinski definition) is 0. The Balaban J connectivity index is 1.49. The Kier molecular flexibility index (Phi) is 4.53. The molecule has 0 fully saturated rings. The predicted octanol–water partition coefficient (Wildman–Crippen LogP) is 4.66. The lowest BCUT2D eigenvalue weighted by atomic mass is 10.2. The minimum atomic E-state index is -0.330. The van der Waals surface area contributed by atoms with E-state index in [9.17, 15) is 4.39 Å². The van der Waals surface area contributed by atoms with Crippen LogP contribution in [-0.4, -0.2) is 19.7 Å². The van der Waals surface area contributed by atoms with Gasteiger partial charge in [-0.1, -0.05) is 46.7 Å². The molecule has 0 radical (unpaired) electrons. The average molecular weight is 366 g/mol. The van der Waals surface area contributed by atoms with Gasteiger partial charge in [0.1, 0.15) is 5.82 Å². The molecule has 0 aliphatic heterocycles. The summed E-state index contributed by atoms with van der Waals surface area (Å²) in [6.45, 7) is 2.05. The minimum Gasteiger partial charge on any atom is -0.338 e. The molecule has 0 unspecified atom stereocenters. The largest absolute Gasteiger partial charge is 0.338 e. The van der Waals surface area contributed by atoms with Crippen LogP contribution < -0.4 is 0 Å². The highest BCUT2D eigenvalue weighted by atomic mass is 32.2. The van der Waals surface area contributed by atoms with Crippen LogP contribution in [-0.2, 0) is 5.75 Å². The van der Waals surface area contributed by atoms with Gasteiger partial charge in [-0.25, -0.2) is 9.37 Å². The number of rotatable bonds is 5. The molecule has 0 atom stereocenters. The molecule has 0 saturated heterocycles. The van der Waals surface area contributed by atoms with Crippen LogP contribution in [0.4, 0.5) is 4.39 Å². The Morgan fingerprint density at radius 2 is 2.00 bits per heavy atom. The summed E-state index contributed by atoms with van der Waals surface area (Å²) in [7, 11) is 0. The molecule has 7 heteroatoms. The van der Waals surface area contributed by atoms with Crippen LogP contribution in [0.2, 0.25) is 0 Å². The van der Waals surface area contributed by atoms with E-state index in [4.69, 9.17) is 4.52 Å². The summed E-state index contributed by atoms with van der Waals surface area (Å²) in [5.41, 5.74) is 2.84. The van der Waals surface area contributed by atoms with Crippen molar-refractivity contribution in [1.82, 2.24) is 19.7 Å². The third kappa shape index (κ3) is 3.52. The van der Waals surface area contributed by atoms with Gasteiger partial charge >= 0.3 is 0 Å². The zero-order chi connectivity index (χ0) is 17.9. The number of benzene rings is 2. The minimum absolute atomic E-state index is 0.330. The number of imidazole rings is 1. The topological polar surface area (TPSA) is 56.7 Å². The predicted molar refractivity (Wildman–Crippen MR) is 97.6 cm³/mol. The summed E-state index contributed by atoms with van der Waals surface area (Å²) >= 11 is 1.50. The van der Waals surface area contributed by atoms with Crippen molar-refractivity contribution in [3.63, 3.8) is 0 Å². The monoisotopic (exact) mass is 366 g/mol. The van der Waals surface area contributed by atoms with E-state index >= 15 is 0 Å². The van der Waals surface area contributed by atoms with Crippen LogP contribution in [0.5, 0.6) is 0 Å². The van der Waals surface area contributed by atoms with Gasteiger partial charge in [-0.3, -0.25) is 4.57 Å². The molecule has 0 N–H and O–H groups in total. The first-order valence-corrected chi connectivity index (χ1v) is 8.99. The van der Waals surface area contributed by atoms with Gasteiger partial charge in [-0.2, -0.15) is 4.98 Å². The lowest BCUT2D eigenvalue weighted by molar-refractivity contribution is 0.391. The first-order valence-electron chi connectivity index (χ1n) is 8.01. The van der Waals surface area contributed by atoms with E-state index in [0.717, 1.165) is 10.8 Å². The summed E-state index contributed by atoms with van der Waals surface area (Å²) < 4.78 is 20.6. The molecule has 4 aromatic rings. The molecule has 26 heavy (non-hydrogen) atoms. The number of aromatic nitrogens is 4. The second-order valence-corrected chi connectivity index (χ2v) is 6.67. The van der Waals surface area contributed by atoms with E-state index in [0.29, 0.717) is 23.0 Å². The molecule has 0 bridgehead atoms. The molecule has 0 aliphatic rings. The first-order chi connectivity index (χ1) is 12.7. The van der Waals surface area contributed by atoms with Crippen LogP contribution in [0.25, 0.3) is 17.1 Å². The van der Waals surface area contributed by atoms with E-state index in [2.05, 4.69) is 46.3 Å². The van der Waals surface area contributed by atoms with Gasteiger partial charge in [0, 0.05) is 23.6 Å². The summed E-state index contributed by atoms with van der Waals surface area (Å²) in [4.78, 5) is 8.73. The molecule has 0 aliphatic carbocycles. The molecule has 0 amide bonds. The fourth-order valence-corrected chi connectivity index (χ4v) is 3.29.